The summed E-state index contributed by atoms with van der Waals surface area (Å²) in [5.74, 6) is 0.713. The molecule has 1 fully saturated rings. The number of ether oxygens (including phenoxy) is 1. The molecule has 0 spiro atoms. The molecule has 1 aromatic rings. The summed E-state index contributed by atoms with van der Waals surface area (Å²) in [6.07, 6.45) is 2.29. The van der Waals surface area contributed by atoms with Crippen LogP contribution in [-0.2, 0) is 14.6 Å². The summed E-state index contributed by atoms with van der Waals surface area (Å²) < 4.78 is 28.0. The van der Waals surface area contributed by atoms with Crippen molar-refractivity contribution in [2.24, 2.45) is 11.0 Å². The van der Waals surface area contributed by atoms with Crippen LogP contribution in [0.2, 0.25) is 0 Å². The number of nitrogens with one attached hydrogen (secondary N) is 1. The van der Waals surface area contributed by atoms with Crippen molar-refractivity contribution >= 4 is 22.0 Å². The summed E-state index contributed by atoms with van der Waals surface area (Å²) >= 11 is 0. The van der Waals surface area contributed by atoms with Gasteiger partial charge in [0.25, 0.3) is 0 Å². The van der Waals surface area contributed by atoms with Crippen molar-refractivity contribution in [2.75, 3.05) is 18.1 Å². The van der Waals surface area contributed by atoms with Crippen molar-refractivity contribution < 1.29 is 17.9 Å². The molecule has 2 rings (SSSR count). The maximum absolute atomic E-state index is 11.7. The van der Waals surface area contributed by atoms with Crippen molar-refractivity contribution in [1.82, 2.24) is 5.43 Å². The van der Waals surface area contributed by atoms with E-state index in [2.05, 4.69) is 10.5 Å². The SMILES string of the molecule is CCOc1ccc(/C=N\NC(=O)C[C@H]2CCS(=O)(=O)C2)cc1. The Balaban J connectivity index is 1.78. The summed E-state index contributed by atoms with van der Waals surface area (Å²) in [6, 6.07) is 7.33. The Bertz CT molecular complexity index is 638. The van der Waals surface area contributed by atoms with E-state index >= 15 is 0 Å². The second-order valence-electron chi connectivity index (χ2n) is 5.27. The van der Waals surface area contributed by atoms with Crippen molar-refractivity contribution in [1.29, 1.82) is 0 Å². The van der Waals surface area contributed by atoms with Crippen LogP contribution in [0.15, 0.2) is 29.4 Å². The average Bonchev–Trinajstić information content (AvgIpc) is 2.80. The third-order valence-electron chi connectivity index (χ3n) is 3.39. The lowest BCUT2D eigenvalue weighted by Gasteiger charge is -2.05. The Morgan fingerprint density at radius 2 is 2.14 bits per heavy atom. The fraction of sp³-hybridized carbons (Fsp3) is 0.467. The molecule has 1 aliphatic rings. The number of hydrogen-bond acceptors (Lipinski definition) is 5. The molecule has 7 heteroatoms. The lowest BCUT2D eigenvalue weighted by molar-refractivity contribution is -0.121. The van der Waals surface area contributed by atoms with Crippen LogP contribution in [0, 0.1) is 5.92 Å². The lowest BCUT2D eigenvalue weighted by atomic mass is 10.1. The lowest BCUT2D eigenvalue weighted by Crippen LogP contribution is -2.21. The van der Waals surface area contributed by atoms with Gasteiger partial charge in [0.2, 0.25) is 5.91 Å². The highest BCUT2D eigenvalue weighted by atomic mass is 32.2. The molecular weight excluding hydrogens is 304 g/mol. The normalized spacial score (nSPS) is 20.1. The molecule has 0 radical (unpaired) electrons. The summed E-state index contributed by atoms with van der Waals surface area (Å²) in [4.78, 5) is 11.7. The average molecular weight is 324 g/mol. The van der Waals surface area contributed by atoms with Crippen LogP contribution in [0.4, 0.5) is 0 Å². The first kappa shape index (κ1) is 16.5. The fourth-order valence-electron chi connectivity index (χ4n) is 2.34. The highest BCUT2D eigenvalue weighted by molar-refractivity contribution is 7.91. The van der Waals surface area contributed by atoms with Gasteiger partial charge in [0.15, 0.2) is 9.84 Å². The number of carbonyl (C=O) groups is 1. The molecule has 1 aliphatic heterocycles. The van der Waals surface area contributed by atoms with Crippen LogP contribution >= 0.6 is 0 Å². The predicted molar refractivity (Wildman–Crippen MR) is 84.7 cm³/mol. The molecule has 0 unspecified atom stereocenters. The maximum atomic E-state index is 11.7. The third-order valence-corrected chi connectivity index (χ3v) is 5.23. The van der Waals surface area contributed by atoms with E-state index in [9.17, 15) is 13.2 Å². The molecule has 120 valence electrons. The van der Waals surface area contributed by atoms with E-state index in [0.29, 0.717) is 13.0 Å². The second kappa shape index (κ2) is 7.40. The van der Waals surface area contributed by atoms with Gasteiger partial charge in [-0.1, -0.05) is 0 Å². The minimum Gasteiger partial charge on any atom is -0.494 e. The van der Waals surface area contributed by atoms with Crippen molar-refractivity contribution in [2.45, 2.75) is 19.8 Å². The van der Waals surface area contributed by atoms with Crippen LogP contribution in [-0.4, -0.2) is 38.7 Å². The number of hydrogen-bond donors (Lipinski definition) is 1. The highest BCUT2D eigenvalue weighted by Crippen LogP contribution is 2.21. The van der Waals surface area contributed by atoms with Gasteiger partial charge in [0, 0.05) is 6.42 Å². The Hall–Kier alpha value is -1.89. The Kier molecular flexibility index (Phi) is 5.54. The molecule has 1 atom stereocenters. The molecule has 0 aromatic heterocycles. The van der Waals surface area contributed by atoms with Crippen LogP contribution in [0.25, 0.3) is 0 Å². The van der Waals surface area contributed by atoms with Gasteiger partial charge in [-0.2, -0.15) is 5.10 Å². The van der Waals surface area contributed by atoms with E-state index in [1.54, 1.807) is 6.21 Å². The van der Waals surface area contributed by atoms with E-state index < -0.39 is 9.84 Å². The molecule has 0 bridgehead atoms. The first-order valence-corrected chi connectivity index (χ1v) is 9.06. The third kappa shape index (κ3) is 5.14. The number of benzene rings is 1. The molecule has 22 heavy (non-hydrogen) atoms. The van der Waals surface area contributed by atoms with E-state index in [1.807, 2.05) is 31.2 Å². The summed E-state index contributed by atoms with van der Waals surface area (Å²) in [5.41, 5.74) is 3.27. The summed E-state index contributed by atoms with van der Waals surface area (Å²) in [6.45, 7) is 2.53. The van der Waals surface area contributed by atoms with Crippen LogP contribution in [0.1, 0.15) is 25.3 Å². The largest absolute Gasteiger partial charge is 0.494 e. The van der Waals surface area contributed by atoms with Crippen LogP contribution in [0.3, 0.4) is 0 Å². The Morgan fingerprint density at radius 3 is 2.73 bits per heavy atom. The van der Waals surface area contributed by atoms with Crippen LogP contribution < -0.4 is 10.2 Å². The molecule has 0 saturated carbocycles. The van der Waals surface area contributed by atoms with Gasteiger partial charge >= 0.3 is 0 Å². The zero-order chi connectivity index (χ0) is 16.0. The summed E-state index contributed by atoms with van der Waals surface area (Å²) in [5, 5.41) is 3.88. The molecule has 1 heterocycles. The highest BCUT2D eigenvalue weighted by Gasteiger charge is 2.29. The number of sulfone groups is 1. The molecule has 0 aliphatic carbocycles. The van der Waals surface area contributed by atoms with E-state index in [4.69, 9.17) is 4.74 Å². The zero-order valence-corrected chi connectivity index (χ0v) is 13.3. The monoisotopic (exact) mass is 324 g/mol. The van der Waals surface area contributed by atoms with Gasteiger partial charge in [-0.3, -0.25) is 4.79 Å². The van der Waals surface area contributed by atoms with Gasteiger partial charge in [0.05, 0.1) is 24.3 Å². The first-order chi connectivity index (χ1) is 10.5. The van der Waals surface area contributed by atoms with E-state index in [1.165, 1.54) is 0 Å². The molecule has 1 saturated heterocycles. The van der Waals surface area contributed by atoms with Gasteiger partial charge in [0.1, 0.15) is 5.75 Å². The van der Waals surface area contributed by atoms with Crippen LogP contribution in [0.5, 0.6) is 5.75 Å². The predicted octanol–water partition coefficient (Wildman–Crippen LogP) is 1.36. The smallest absolute Gasteiger partial charge is 0.240 e. The van der Waals surface area contributed by atoms with Crippen molar-refractivity contribution in [3.63, 3.8) is 0 Å². The Labute approximate surface area is 130 Å². The molecule has 6 nitrogen and oxygen atoms in total. The maximum Gasteiger partial charge on any atom is 0.240 e. The number of rotatable bonds is 6. The van der Waals surface area contributed by atoms with Gasteiger partial charge in [-0.25, -0.2) is 13.8 Å². The second-order valence-corrected chi connectivity index (χ2v) is 7.50. The number of hydrazone groups is 1. The number of carbonyl (C=O) groups excluding carboxylic acids is 1. The standard InChI is InChI=1S/C15H20N2O4S/c1-2-21-14-5-3-12(4-6-14)10-16-17-15(18)9-13-7-8-22(19,20)11-13/h3-6,10,13H,2,7-9,11H2,1H3,(H,17,18)/b16-10-/t13-/m1/s1. The van der Waals surface area contributed by atoms with E-state index in [0.717, 1.165) is 11.3 Å². The quantitative estimate of drug-likeness (QED) is 0.632. The molecule has 1 amide bonds. The summed E-state index contributed by atoms with van der Waals surface area (Å²) in [7, 11) is -2.94. The molecule has 1 N–H and O–H groups in total. The minimum absolute atomic E-state index is 0.0920. The molecular formula is C15H20N2O4S. The fourth-order valence-corrected chi connectivity index (χ4v) is 4.20. The van der Waals surface area contributed by atoms with Crippen molar-refractivity contribution in [3.8, 4) is 5.75 Å². The van der Waals surface area contributed by atoms with Gasteiger partial charge in [-0.15, -0.1) is 0 Å². The van der Waals surface area contributed by atoms with Gasteiger partial charge < -0.3 is 4.74 Å². The minimum atomic E-state index is -2.94. The first-order valence-electron chi connectivity index (χ1n) is 7.23. The Morgan fingerprint density at radius 1 is 1.41 bits per heavy atom. The number of nitrogens with zero attached hydrogens (tertiary/aromatic N) is 1. The van der Waals surface area contributed by atoms with E-state index in [-0.39, 0.29) is 29.8 Å². The zero-order valence-electron chi connectivity index (χ0n) is 12.5. The van der Waals surface area contributed by atoms with Gasteiger partial charge in [-0.05, 0) is 49.1 Å². The van der Waals surface area contributed by atoms with Crippen molar-refractivity contribution in [3.05, 3.63) is 29.8 Å². The molecule has 1 aromatic carbocycles. The topological polar surface area (TPSA) is 84.8 Å². The number of amides is 1.